The Morgan fingerprint density at radius 3 is 2.50 bits per heavy atom. The van der Waals surface area contributed by atoms with Crippen molar-refractivity contribution in [2.75, 3.05) is 51.3 Å². The number of carbonyl (C=O) groups excluding carboxylic acids is 1. The molecular weight excluding hydrogens is 351 g/mol. The molecular formula is C16H22Cl2N4O2. The Morgan fingerprint density at radius 1 is 1.25 bits per heavy atom. The number of nitrogens with one attached hydrogen (secondary N) is 1. The monoisotopic (exact) mass is 372 g/mol. The van der Waals surface area contributed by atoms with Crippen molar-refractivity contribution >= 4 is 34.9 Å². The number of nitrogens with zero attached hydrogens (tertiary/aromatic N) is 3. The van der Waals surface area contributed by atoms with E-state index >= 15 is 0 Å². The summed E-state index contributed by atoms with van der Waals surface area (Å²) in [5, 5.41) is 4.33. The number of carbonyl (C=O) groups is 1. The molecule has 1 N–H and O–H groups in total. The van der Waals surface area contributed by atoms with Gasteiger partial charge >= 0.3 is 0 Å². The summed E-state index contributed by atoms with van der Waals surface area (Å²) in [6.07, 6.45) is 3.02. The molecule has 0 aromatic carbocycles. The van der Waals surface area contributed by atoms with Gasteiger partial charge in [-0.2, -0.15) is 0 Å². The Labute approximate surface area is 152 Å². The first-order valence-corrected chi connectivity index (χ1v) is 8.92. The maximum atomic E-state index is 13.0. The van der Waals surface area contributed by atoms with Crippen LogP contribution in [0.5, 0.6) is 0 Å². The lowest BCUT2D eigenvalue weighted by molar-refractivity contribution is -0.158. The molecule has 3 rings (SSSR count). The van der Waals surface area contributed by atoms with Gasteiger partial charge in [0.1, 0.15) is 11.4 Å². The number of piperazine rings is 1. The lowest BCUT2D eigenvalue weighted by Gasteiger charge is -2.42. The number of halogens is 2. The van der Waals surface area contributed by atoms with E-state index in [1.807, 2.05) is 4.90 Å². The Bertz CT molecular complexity index is 600. The highest BCUT2D eigenvalue weighted by Crippen LogP contribution is 2.29. The number of piperidine rings is 1. The van der Waals surface area contributed by atoms with Crippen LogP contribution in [-0.4, -0.2) is 67.8 Å². The van der Waals surface area contributed by atoms with Gasteiger partial charge in [-0.05, 0) is 32.0 Å². The standard InChI is InChI=1S/C16H22Cl2N4O2/c1-24-16(2-4-19-5-3-16)15(23)22-8-6-21(7-9-22)14-13(18)10-12(17)11-20-14/h10-11,19H,2-9H2,1H3. The molecule has 2 aliphatic heterocycles. The van der Waals surface area contributed by atoms with Gasteiger partial charge in [-0.1, -0.05) is 23.2 Å². The summed E-state index contributed by atoms with van der Waals surface area (Å²) in [6, 6.07) is 1.69. The number of hydrogen-bond acceptors (Lipinski definition) is 5. The first-order valence-electron chi connectivity index (χ1n) is 8.17. The van der Waals surface area contributed by atoms with Crippen molar-refractivity contribution in [3.63, 3.8) is 0 Å². The molecule has 132 valence electrons. The molecule has 1 amide bonds. The van der Waals surface area contributed by atoms with Crippen LogP contribution in [0.3, 0.4) is 0 Å². The average molecular weight is 373 g/mol. The van der Waals surface area contributed by atoms with Gasteiger partial charge in [0, 0.05) is 39.5 Å². The Balaban J connectivity index is 1.65. The molecule has 0 unspecified atom stereocenters. The van der Waals surface area contributed by atoms with E-state index < -0.39 is 5.60 Å². The van der Waals surface area contributed by atoms with Crippen LogP contribution < -0.4 is 10.2 Å². The molecule has 6 nitrogen and oxygen atoms in total. The van der Waals surface area contributed by atoms with Crippen LogP contribution in [0.4, 0.5) is 5.82 Å². The molecule has 2 fully saturated rings. The van der Waals surface area contributed by atoms with Gasteiger partial charge < -0.3 is 19.9 Å². The van der Waals surface area contributed by atoms with E-state index in [0.717, 1.165) is 18.9 Å². The van der Waals surface area contributed by atoms with Crippen LogP contribution in [-0.2, 0) is 9.53 Å². The molecule has 1 aromatic rings. The van der Waals surface area contributed by atoms with E-state index in [0.29, 0.717) is 49.1 Å². The largest absolute Gasteiger partial charge is 0.368 e. The summed E-state index contributed by atoms with van der Waals surface area (Å²) in [7, 11) is 1.64. The van der Waals surface area contributed by atoms with Crippen LogP contribution in [0.15, 0.2) is 12.3 Å². The maximum absolute atomic E-state index is 13.0. The van der Waals surface area contributed by atoms with Crippen LogP contribution in [0, 0.1) is 0 Å². The van der Waals surface area contributed by atoms with Gasteiger partial charge in [-0.25, -0.2) is 4.98 Å². The van der Waals surface area contributed by atoms with E-state index in [1.54, 1.807) is 19.4 Å². The van der Waals surface area contributed by atoms with Crippen molar-refractivity contribution in [3.05, 3.63) is 22.3 Å². The first kappa shape index (κ1) is 17.7. The molecule has 3 heterocycles. The summed E-state index contributed by atoms with van der Waals surface area (Å²) in [5.41, 5.74) is -0.677. The molecule has 0 saturated carbocycles. The minimum atomic E-state index is -0.677. The minimum Gasteiger partial charge on any atom is -0.368 e. The Kier molecular flexibility index (Phi) is 5.49. The molecule has 24 heavy (non-hydrogen) atoms. The highest BCUT2D eigenvalue weighted by molar-refractivity contribution is 6.36. The quantitative estimate of drug-likeness (QED) is 0.876. The number of ether oxygens (including phenoxy) is 1. The topological polar surface area (TPSA) is 57.7 Å². The number of rotatable bonds is 3. The third kappa shape index (κ3) is 3.47. The molecule has 0 radical (unpaired) electrons. The molecule has 2 aliphatic rings. The summed E-state index contributed by atoms with van der Waals surface area (Å²) < 4.78 is 5.64. The fourth-order valence-electron chi connectivity index (χ4n) is 3.39. The summed E-state index contributed by atoms with van der Waals surface area (Å²) in [4.78, 5) is 21.3. The van der Waals surface area contributed by atoms with Gasteiger partial charge in [0.15, 0.2) is 0 Å². The Morgan fingerprint density at radius 2 is 1.92 bits per heavy atom. The average Bonchev–Trinajstić information content (AvgIpc) is 2.62. The minimum absolute atomic E-state index is 0.0984. The zero-order valence-electron chi connectivity index (χ0n) is 13.7. The zero-order chi connectivity index (χ0) is 17.2. The predicted molar refractivity (Wildman–Crippen MR) is 94.9 cm³/mol. The van der Waals surface area contributed by atoms with E-state index in [1.165, 1.54) is 0 Å². The van der Waals surface area contributed by atoms with Gasteiger partial charge in [0.2, 0.25) is 0 Å². The Hall–Kier alpha value is -1.08. The third-order valence-electron chi connectivity index (χ3n) is 4.85. The van der Waals surface area contributed by atoms with E-state index in [2.05, 4.69) is 15.2 Å². The number of methoxy groups -OCH3 is 1. The van der Waals surface area contributed by atoms with Crippen LogP contribution >= 0.6 is 23.2 Å². The maximum Gasteiger partial charge on any atom is 0.255 e. The smallest absolute Gasteiger partial charge is 0.255 e. The van der Waals surface area contributed by atoms with Crippen molar-refractivity contribution in [2.24, 2.45) is 0 Å². The van der Waals surface area contributed by atoms with Crippen molar-refractivity contribution < 1.29 is 9.53 Å². The summed E-state index contributed by atoms with van der Waals surface area (Å²) >= 11 is 12.1. The number of pyridine rings is 1. The third-order valence-corrected chi connectivity index (χ3v) is 5.33. The van der Waals surface area contributed by atoms with Crippen LogP contribution in [0.25, 0.3) is 0 Å². The van der Waals surface area contributed by atoms with Gasteiger partial charge in [-0.3, -0.25) is 4.79 Å². The van der Waals surface area contributed by atoms with Crippen LogP contribution in [0.1, 0.15) is 12.8 Å². The predicted octanol–water partition coefficient (Wildman–Crippen LogP) is 1.81. The van der Waals surface area contributed by atoms with Crippen molar-refractivity contribution in [1.82, 2.24) is 15.2 Å². The molecule has 2 saturated heterocycles. The fourth-order valence-corrected chi connectivity index (χ4v) is 3.89. The van der Waals surface area contributed by atoms with Crippen LogP contribution in [0.2, 0.25) is 10.0 Å². The highest BCUT2D eigenvalue weighted by atomic mass is 35.5. The zero-order valence-corrected chi connectivity index (χ0v) is 15.2. The summed E-state index contributed by atoms with van der Waals surface area (Å²) in [5.74, 6) is 0.817. The molecule has 8 heteroatoms. The van der Waals surface area contributed by atoms with E-state index in [-0.39, 0.29) is 5.91 Å². The van der Waals surface area contributed by atoms with Crippen molar-refractivity contribution in [2.45, 2.75) is 18.4 Å². The molecule has 0 atom stereocenters. The fraction of sp³-hybridized carbons (Fsp3) is 0.625. The molecule has 1 aromatic heterocycles. The van der Waals surface area contributed by atoms with Gasteiger partial charge in [-0.15, -0.1) is 0 Å². The normalized spacial score (nSPS) is 21.0. The molecule has 0 bridgehead atoms. The number of anilines is 1. The number of aromatic nitrogens is 1. The lowest BCUT2D eigenvalue weighted by atomic mass is 9.90. The summed E-state index contributed by atoms with van der Waals surface area (Å²) in [6.45, 7) is 4.28. The molecule has 0 spiro atoms. The number of amides is 1. The van der Waals surface area contributed by atoms with Crippen molar-refractivity contribution in [3.8, 4) is 0 Å². The van der Waals surface area contributed by atoms with E-state index in [4.69, 9.17) is 27.9 Å². The van der Waals surface area contributed by atoms with Gasteiger partial charge in [0.25, 0.3) is 5.91 Å². The highest BCUT2D eigenvalue weighted by Gasteiger charge is 2.43. The second kappa shape index (κ2) is 7.44. The van der Waals surface area contributed by atoms with E-state index in [9.17, 15) is 4.79 Å². The number of hydrogen-bond donors (Lipinski definition) is 1. The van der Waals surface area contributed by atoms with Crippen molar-refractivity contribution in [1.29, 1.82) is 0 Å². The second-order valence-corrected chi connectivity index (χ2v) is 7.03. The first-order chi connectivity index (χ1) is 11.6. The lowest BCUT2D eigenvalue weighted by Crippen LogP contribution is -2.59. The second-order valence-electron chi connectivity index (χ2n) is 6.19. The molecule has 0 aliphatic carbocycles. The SMILES string of the molecule is COC1(C(=O)N2CCN(c3ncc(Cl)cc3Cl)CC2)CCNCC1. The van der Waals surface area contributed by atoms with Gasteiger partial charge in [0.05, 0.1) is 10.0 Å².